The Balaban J connectivity index is 1.56. The molecule has 0 N–H and O–H groups in total. The minimum Gasteiger partial charge on any atom is -0.347 e. The average molecular weight is 668 g/mol. The summed E-state index contributed by atoms with van der Waals surface area (Å²) >= 11 is 0. The zero-order chi connectivity index (χ0) is 34.2. The van der Waals surface area contributed by atoms with E-state index in [0.717, 1.165) is 38.2 Å². The molecule has 0 aromatic rings. The van der Waals surface area contributed by atoms with Crippen LogP contribution in [-0.2, 0) is 9.47 Å². The van der Waals surface area contributed by atoms with Crippen LogP contribution in [0.15, 0.2) is 48.6 Å². The van der Waals surface area contributed by atoms with Crippen LogP contribution >= 0.6 is 0 Å². The van der Waals surface area contributed by atoms with Crippen molar-refractivity contribution in [3.63, 3.8) is 0 Å². The van der Waals surface area contributed by atoms with Crippen LogP contribution in [-0.4, -0.2) is 43.5 Å². The summed E-state index contributed by atoms with van der Waals surface area (Å²) in [7, 11) is 2.26. The van der Waals surface area contributed by atoms with Crippen molar-refractivity contribution in [3.8, 4) is 0 Å². The molecule has 278 valence electrons. The second kappa shape index (κ2) is 30.6. The van der Waals surface area contributed by atoms with Gasteiger partial charge in [-0.1, -0.05) is 140 Å². The first-order valence-corrected chi connectivity index (χ1v) is 21.3. The first-order valence-electron chi connectivity index (χ1n) is 21.3. The summed E-state index contributed by atoms with van der Waals surface area (Å²) in [5.41, 5.74) is 0. The zero-order valence-electron chi connectivity index (χ0n) is 32.5. The summed E-state index contributed by atoms with van der Waals surface area (Å²) in [4.78, 5) is 2.47. The van der Waals surface area contributed by atoms with Gasteiger partial charge in [-0.2, -0.15) is 0 Å². The molecule has 0 aromatic carbocycles. The first kappa shape index (κ1) is 43.0. The van der Waals surface area contributed by atoms with Crippen LogP contribution in [0.25, 0.3) is 0 Å². The summed E-state index contributed by atoms with van der Waals surface area (Å²) in [5, 5.41) is 0. The summed E-state index contributed by atoms with van der Waals surface area (Å²) in [5.74, 6) is 0.475. The number of unbranched alkanes of at least 4 members (excludes halogenated alkanes) is 18. The lowest BCUT2D eigenvalue weighted by Gasteiger charge is -2.29. The van der Waals surface area contributed by atoms with Gasteiger partial charge in [-0.15, -0.1) is 0 Å². The van der Waals surface area contributed by atoms with E-state index in [1.54, 1.807) is 0 Å². The molecular weight excluding hydrogens is 587 g/mol. The van der Waals surface area contributed by atoms with E-state index in [4.69, 9.17) is 9.47 Å². The Labute approximate surface area is 300 Å². The summed E-state index contributed by atoms with van der Waals surface area (Å²) in [6.45, 7) is 7.82. The molecule has 0 aromatic heterocycles. The number of rotatable bonds is 32. The molecule has 3 nitrogen and oxygen atoms in total. The van der Waals surface area contributed by atoms with Gasteiger partial charge in [0, 0.05) is 19.4 Å². The summed E-state index contributed by atoms with van der Waals surface area (Å²) in [6, 6.07) is 0. The minimum absolute atomic E-state index is 0.302. The molecule has 2 aliphatic rings. The number of allylic oxidation sites excluding steroid dienone is 8. The molecule has 2 unspecified atom stereocenters. The molecule has 2 saturated heterocycles. The number of hydrogen-bond acceptors (Lipinski definition) is 3. The third-order valence-corrected chi connectivity index (χ3v) is 10.5. The molecule has 3 heteroatoms. The van der Waals surface area contributed by atoms with E-state index in [2.05, 4.69) is 74.4 Å². The van der Waals surface area contributed by atoms with Gasteiger partial charge in [0.05, 0.1) is 12.7 Å². The maximum Gasteiger partial charge on any atom is 0.168 e. The predicted molar refractivity (Wildman–Crippen MR) is 212 cm³/mol. The maximum absolute atomic E-state index is 6.83. The van der Waals surface area contributed by atoms with E-state index in [9.17, 15) is 0 Å². The van der Waals surface area contributed by atoms with Gasteiger partial charge in [0.1, 0.15) is 0 Å². The van der Waals surface area contributed by atoms with E-state index in [1.165, 1.54) is 167 Å². The van der Waals surface area contributed by atoms with Crippen molar-refractivity contribution < 1.29 is 9.47 Å². The monoisotopic (exact) mass is 668 g/mol. The minimum atomic E-state index is -0.306. The summed E-state index contributed by atoms with van der Waals surface area (Å²) in [6.07, 6.45) is 55.0. The van der Waals surface area contributed by atoms with Crippen molar-refractivity contribution in [1.29, 1.82) is 0 Å². The Morgan fingerprint density at radius 1 is 0.562 bits per heavy atom. The van der Waals surface area contributed by atoms with Gasteiger partial charge >= 0.3 is 0 Å². The molecule has 0 spiro atoms. The Bertz CT molecular complexity index is 781. The third kappa shape index (κ3) is 23.3. The van der Waals surface area contributed by atoms with Crippen LogP contribution in [0.3, 0.4) is 0 Å². The van der Waals surface area contributed by atoms with Crippen molar-refractivity contribution in [2.75, 3.05) is 26.7 Å². The predicted octanol–water partition coefficient (Wildman–Crippen LogP) is 13.8. The molecule has 0 saturated carbocycles. The van der Waals surface area contributed by atoms with Gasteiger partial charge in [-0.25, -0.2) is 0 Å². The van der Waals surface area contributed by atoms with Crippen molar-refractivity contribution in [1.82, 2.24) is 4.90 Å². The highest BCUT2D eigenvalue weighted by atomic mass is 16.7. The van der Waals surface area contributed by atoms with Gasteiger partial charge in [-0.05, 0) is 109 Å². The molecule has 2 heterocycles. The Kier molecular flexibility index (Phi) is 27.5. The normalized spacial score (nSPS) is 20.2. The van der Waals surface area contributed by atoms with Gasteiger partial charge in [0.15, 0.2) is 5.79 Å². The Hall–Kier alpha value is -1.16. The molecule has 0 radical (unpaired) electrons. The van der Waals surface area contributed by atoms with E-state index in [-0.39, 0.29) is 5.79 Å². The lowest BCUT2D eigenvalue weighted by atomic mass is 9.98. The molecule has 2 rings (SSSR count). The molecular formula is C45H81NO2. The van der Waals surface area contributed by atoms with Crippen LogP contribution in [0, 0.1) is 5.92 Å². The maximum atomic E-state index is 6.83. The molecule has 0 amide bonds. The molecule has 2 atom stereocenters. The fourth-order valence-corrected chi connectivity index (χ4v) is 7.48. The van der Waals surface area contributed by atoms with Crippen LogP contribution in [0.1, 0.15) is 194 Å². The second-order valence-electron chi connectivity index (χ2n) is 15.3. The van der Waals surface area contributed by atoms with Crippen LogP contribution in [0.2, 0.25) is 0 Å². The lowest BCUT2D eigenvalue weighted by molar-refractivity contribution is -0.180. The van der Waals surface area contributed by atoms with Crippen LogP contribution in [0.5, 0.6) is 0 Å². The number of likely N-dealkylation sites (tertiary alicyclic amines) is 1. The van der Waals surface area contributed by atoms with E-state index < -0.39 is 0 Å². The highest BCUT2D eigenvalue weighted by molar-refractivity contribution is 4.93. The van der Waals surface area contributed by atoms with Gasteiger partial charge in [0.25, 0.3) is 0 Å². The summed E-state index contributed by atoms with van der Waals surface area (Å²) < 4.78 is 13.4. The van der Waals surface area contributed by atoms with E-state index in [1.807, 2.05) is 0 Å². The molecule has 48 heavy (non-hydrogen) atoms. The van der Waals surface area contributed by atoms with Crippen molar-refractivity contribution in [2.24, 2.45) is 5.92 Å². The van der Waals surface area contributed by atoms with Crippen LogP contribution < -0.4 is 0 Å². The highest BCUT2D eigenvalue weighted by Crippen LogP contribution is 2.37. The molecule has 2 fully saturated rings. The molecule has 0 aliphatic carbocycles. The largest absolute Gasteiger partial charge is 0.347 e. The third-order valence-electron chi connectivity index (χ3n) is 10.5. The van der Waals surface area contributed by atoms with Crippen molar-refractivity contribution in [2.45, 2.75) is 206 Å². The van der Waals surface area contributed by atoms with Gasteiger partial charge in [0.2, 0.25) is 0 Å². The average Bonchev–Trinajstić information content (AvgIpc) is 3.69. The van der Waals surface area contributed by atoms with Gasteiger partial charge in [-0.3, -0.25) is 0 Å². The standard InChI is InChI=1S/C45H81NO2/c1-4-6-8-10-12-14-16-18-20-22-24-26-28-30-32-34-37-45(47-42-44(48-45)40-43-36-39-46(3)41-43)38-35-33-31-29-27-25-23-21-19-17-15-13-11-9-7-5-2/h12-15,18-21,43-44H,4-11,16-17,22-42H2,1-3H3/b14-12-,15-13-,20-18-,21-19-. The lowest BCUT2D eigenvalue weighted by Crippen LogP contribution is -2.31. The second-order valence-corrected chi connectivity index (χ2v) is 15.3. The topological polar surface area (TPSA) is 21.7 Å². The number of nitrogens with zero attached hydrogens (tertiary/aromatic N) is 1. The van der Waals surface area contributed by atoms with E-state index in [0.29, 0.717) is 6.10 Å². The molecule has 0 bridgehead atoms. The fourth-order valence-electron chi connectivity index (χ4n) is 7.48. The number of hydrogen-bond donors (Lipinski definition) is 0. The highest BCUT2D eigenvalue weighted by Gasteiger charge is 2.41. The quantitative estimate of drug-likeness (QED) is 0.0526. The first-order chi connectivity index (χ1) is 23.7. The Morgan fingerprint density at radius 3 is 1.44 bits per heavy atom. The van der Waals surface area contributed by atoms with Crippen molar-refractivity contribution in [3.05, 3.63) is 48.6 Å². The van der Waals surface area contributed by atoms with Crippen molar-refractivity contribution >= 4 is 0 Å². The smallest absolute Gasteiger partial charge is 0.168 e. The van der Waals surface area contributed by atoms with E-state index >= 15 is 0 Å². The molecule has 2 aliphatic heterocycles. The SMILES string of the molecule is CCCCC/C=C\C/C=C\CCCCCCCCC1(CCCCCCCC/C=C\C/C=C\CCCCC)OCC(CC2CCN(C)C2)O1. The van der Waals surface area contributed by atoms with Gasteiger partial charge < -0.3 is 14.4 Å². The zero-order valence-corrected chi connectivity index (χ0v) is 32.5. The fraction of sp³-hybridized carbons (Fsp3) is 0.822. The number of ether oxygens (including phenoxy) is 2. The van der Waals surface area contributed by atoms with Crippen LogP contribution in [0.4, 0.5) is 0 Å². The Morgan fingerprint density at radius 2 is 1.00 bits per heavy atom.